The summed E-state index contributed by atoms with van der Waals surface area (Å²) in [6.45, 7) is 7.09. The van der Waals surface area contributed by atoms with Crippen LogP contribution in [0.3, 0.4) is 0 Å². The Kier molecular flexibility index (Phi) is 7.95. The molecule has 0 atom stereocenters. The van der Waals surface area contributed by atoms with E-state index in [2.05, 4.69) is 30.5 Å². The molecule has 2 N–H and O–H groups in total. The van der Waals surface area contributed by atoms with Crippen molar-refractivity contribution in [1.82, 2.24) is 10.6 Å². The van der Waals surface area contributed by atoms with Gasteiger partial charge in [0.2, 0.25) is 5.91 Å². The van der Waals surface area contributed by atoms with E-state index in [0.717, 1.165) is 37.0 Å². The van der Waals surface area contributed by atoms with Crippen molar-refractivity contribution in [3.8, 4) is 5.75 Å². The molecule has 0 unspecified atom stereocenters. The fourth-order valence-electron chi connectivity index (χ4n) is 3.22. The minimum Gasteiger partial charge on any atom is -0.483 e. The number of aryl methyl sites for hydroxylation is 1. The van der Waals surface area contributed by atoms with E-state index in [1.165, 1.54) is 12.0 Å². The highest BCUT2D eigenvalue weighted by atomic mass is 16.5. The van der Waals surface area contributed by atoms with E-state index in [0.29, 0.717) is 19.0 Å². The van der Waals surface area contributed by atoms with E-state index >= 15 is 0 Å². The van der Waals surface area contributed by atoms with Gasteiger partial charge in [-0.3, -0.25) is 9.59 Å². The molecule has 0 saturated heterocycles. The second kappa shape index (κ2) is 10.2. The summed E-state index contributed by atoms with van der Waals surface area (Å²) < 4.78 is 5.66. The summed E-state index contributed by atoms with van der Waals surface area (Å²) in [4.78, 5) is 24.0. The molecule has 0 heterocycles. The summed E-state index contributed by atoms with van der Waals surface area (Å²) in [6, 6.07) is 6.10. The molecule has 26 heavy (non-hydrogen) atoms. The van der Waals surface area contributed by atoms with Crippen LogP contribution in [0.25, 0.3) is 0 Å². The third kappa shape index (κ3) is 6.36. The standard InChI is InChI=1S/C21H32N2O3/c1-15(2)18-10-9-16(3)19(13-18)26-14-20(24)22-11-12-23-21(25)17-7-5-4-6-8-17/h9-10,13,15,17H,4-8,11-12,14H2,1-3H3,(H,22,24)(H,23,25). The number of hydrogen-bond acceptors (Lipinski definition) is 3. The minimum absolute atomic E-state index is 0.0149. The van der Waals surface area contributed by atoms with E-state index in [1.807, 2.05) is 19.1 Å². The summed E-state index contributed by atoms with van der Waals surface area (Å²) in [7, 11) is 0. The van der Waals surface area contributed by atoms with Crippen molar-refractivity contribution in [1.29, 1.82) is 0 Å². The SMILES string of the molecule is Cc1ccc(C(C)C)cc1OCC(=O)NCCNC(=O)C1CCCCC1. The van der Waals surface area contributed by atoms with Crippen molar-refractivity contribution in [3.63, 3.8) is 0 Å². The van der Waals surface area contributed by atoms with Crippen molar-refractivity contribution < 1.29 is 14.3 Å². The topological polar surface area (TPSA) is 67.4 Å². The molecule has 1 aliphatic carbocycles. The number of amides is 2. The number of hydrogen-bond donors (Lipinski definition) is 2. The van der Waals surface area contributed by atoms with Gasteiger partial charge in [0, 0.05) is 19.0 Å². The van der Waals surface area contributed by atoms with Gasteiger partial charge in [-0.15, -0.1) is 0 Å². The molecule has 1 aliphatic rings. The van der Waals surface area contributed by atoms with Crippen LogP contribution in [0.1, 0.15) is 63.0 Å². The fourth-order valence-corrected chi connectivity index (χ4v) is 3.22. The molecule has 0 aromatic heterocycles. The number of nitrogens with one attached hydrogen (secondary N) is 2. The highest BCUT2D eigenvalue weighted by molar-refractivity contribution is 5.79. The maximum atomic E-state index is 12.0. The lowest BCUT2D eigenvalue weighted by atomic mass is 9.89. The predicted octanol–water partition coefficient (Wildman–Crippen LogP) is 3.31. The molecule has 2 amide bonds. The first-order valence-electron chi connectivity index (χ1n) is 9.75. The van der Waals surface area contributed by atoms with E-state index < -0.39 is 0 Å². The van der Waals surface area contributed by atoms with Crippen LogP contribution in [0.4, 0.5) is 0 Å². The highest BCUT2D eigenvalue weighted by Crippen LogP contribution is 2.24. The molecule has 0 radical (unpaired) electrons. The minimum atomic E-state index is -0.175. The molecule has 1 saturated carbocycles. The van der Waals surface area contributed by atoms with E-state index in [1.54, 1.807) is 0 Å². The van der Waals surface area contributed by atoms with Crippen LogP contribution in [-0.4, -0.2) is 31.5 Å². The maximum absolute atomic E-state index is 12.0. The van der Waals surface area contributed by atoms with Crippen LogP contribution in [0.15, 0.2) is 18.2 Å². The molecular formula is C21H32N2O3. The average Bonchev–Trinajstić information content (AvgIpc) is 2.64. The van der Waals surface area contributed by atoms with Crippen molar-refractivity contribution >= 4 is 11.8 Å². The van der Waals surface area contributed by atoms with Gasteiger partial charge < -0.3 is 15.4 Å². The van der Waals surface area contributed by atoms with Crippen molar-refractivity contribution in [2.75, 3.05) is 19.7 Å². The zero-order valence-corrected chi connectivity index (χ0v) is 16.3. The summed E-state index contributed by atoms with van der Waals surface area (Å²) in [5, 5.41) is 5.71. The zero-order chi connectivity index (χ0) is 18.9. The monoisotopic (exact) mass is 360 g/mol. The summed E-state index contributed by atoms with van der Waals surface area (Å²) >= 11 is 0. The lowest BCUT2D eigenvalue weighted by molar-refractivity contribution is -0.126. The Labute approximate surface area is 156 Å². The first-order chi connectivity index (χ1) is 12.5. The van der Waals surface area contributed by atoms with E-state index in [-0.39, 0.29) is 24.3 Å². The summed E-state index contributed by atoms with van der Waals surface area (Å²) in [5.74, 6) is 1.26. The van der Waals surface area contributed by atoms with Gasteiger partial charge in [0.05, 0.1) is 0 Å². The molecular weight excluding hydrogens is 328 g/mol. The Hall–Kier alpha value is -2.04. The Morgan fingerprint density at radius 1 is 1.12 bits per heavy atom. The lowest BCUT2D eigenvalue weighted by Crippen LogP contribution is -2.39. The Balaban J connectivity index is 1.66. The number of ether oxygens (including phenoxy) is 1. The highest BCUT2D eigenvalue weighted by Gasteiger charge is 2.20. The molecule has 0 spiro atoms. The predicted molar refractivity (Wildman–Crippen MR) is 103 cm³/mol. The maximum Gasteiger partial charge on any atom is 0.258 e. The molecule has 2 rings (SSSR count). The van der Waals surface area contributed by atoms with Crippen molar-refractivity contribution in [3.05, 3.63) is 29.3 Å². The van der Waals surface area contributed by atoms with Gasteiger partial charge in [-0.1, -0.05) is 45.2 Å². The largest absolute Gasteiger partial charge is 0.483 e. The van der Waals surface area contributed by atoms with Gasteiger partial charge in [-0.05, 0) is 42.9 Å². The zero-order valence-electron chi connectivity index (χ0n) is 16.3. The third-order valence-electron chi connectivity index (χ3n) is 4.96. The molecule has 5 heteroatoms. The van der Waals surface area contributed by atoms with Gasteiger partial charge in [-0.25, -0.2) is 0 Å². The van der Waals surface area contributed by atoms with Gasteiger partial charge in [0.25, 0.3) is 5.91 Å². The van der Waals surface area contributed by atoms with E-state index in [4.69, 9.17) is 4.74 Å². The number of carbonyl (C=O) groups is 2. The molecule has 0 aliphatic heterocycles. The summed E-state index contributed by atoms with van der Waals surface area (Å²) in [5.41, 5.74) is 2.21. The van der Waals surface area contributed by atoms with Crippen LogP contribution in [-0.2, 0) is 9.59 Å². The van der Waals surface area contributed by atoms with Crippen LogP contribution in [0, 0.1) is 12.8 Å². The van der Waals surface area contributed by atoms with Crippen LogP contribution >= 0.6 is 0 Å². The molecule has 144 valence electrons. The average molecular weight is 360 g/mol. The Morgan fingerprint density at radius 2 is 1.81 bits per heavy atom. The van der Waals surface area contributed by atoms with Gasteiger partial charge >= 0.3 is 0 Å². The normalized spacial score (nSPS) is 14.9. The van der Waals surface area contributed by atoms with E-state index in [9.17, 15) is 9.59 Å². The quantitative estimate of drug-likeness (QED) is 0.699. The lowest BCUT2D eigenvalue weighted by Gasteiger charge is -2.20. The number of benzene rings is 1. The first kappa shape index (κ1) is 20.3. The smallest absolute Gasteiger partial charge is 0.258 e. The second-order valence-corrected chi connectivity index (χ2v) is 7.44. The fraction of sp³-hybridized carbons (Fsp3) is 0.619. The van der Waals surface area contributed by atoms with Gasteiger partial charge in [0.15, 0.2) is 6.61 Å². The summed E-state index contributed by atoms with van der Waals surface area (Å²) in [6.07, 6.45) is 5.49. The Morgan fingerprint density at radius 3 is 2.50 bits per heavy atom. The van der Waals surface area contributed by atoms with Gasteiger partial charge in [-0.2, -0.15) is 0 Å². The second-order valence-electron chi connectivity index (χ2n) is 7.44. The number of carbonyl (C=O) groups excluding carboxylic acids is 2. The molecule has 5 nitrogen and oxygen atoms in total. The molecule has 1 aromatic carbocycles. The Bertz CT molecular complexity index is 607. The van der Waals surface area contributed by atoms with Crippen LogP contribution in [0.5, 0.6) is 5.75 Å². The molecule has 1 fully saturated rings. The first-order valence-corrected chi connectivity index (χ1v) is 9.75. The van der Waals surface area contributed by atoms with Crippen LogP contribution in [0.2, 0.25) is 0 Å². The molecule has 1 aromatic rings. The van der Waals surface area contributed by atoms with Crippen molar-refractivity contribution in [2.45, 2.75) is 58.8 Å². The van der Waals surface area contributed by atoms with Crippen molar-refractivity contribution in [2.24, 2.45) is 5.92 Å². The van der Waals surface area contributed by atoms with Gasteiger partial charge in [0.1, 0.15) is 5.75 Å². The van der Waals surface area contributed by atoms with Crippen LogP contribution < -0.4 is 15.4 Å². The third-order valence-corrected chi connectivity index (χ3v) is 4.96. The molecule has 0 bridgehead atoms. The number of rotatable bonds is 8.